The van der Waals surface area contributed by atoms with Crippen molar-refractivity contribution in [3.8, 4) is 5.75 Å². The number of benzene rings is 1. The number of nitrogens with one attached hydrogen (secondary N) is 2. The fourth-order valence-corrected chi connectivity index (χ4v) is 2.39. The quantitative estimate of drug-likeness (QED) is 0.283. The van der Waals surface area contributed by atoms with E-state index in [1.807, 2.05) is 38.1 Å². The lowest BCUT2D eigenvalue weighted by Crippen LogP contribution is -2.42. The lowest BCUT2D eigenvalue weighted by Gasteiger charge is -2.16. The van der Waals surface area contributed by atoms with E-state index in [-0.39, 0.29) is 36.0 Å². The van der Waals surface area contributed by atoms with Gasteiger partial charge in [0.2, 0.25) is 5.89 Å². The number of guanidine groups is 1. The monoisotopic (exact) mass is 516 g/mol. The minimum Gasteiger partial charge on any atom is -0.491 e. The molecule has 7 nitrogen and oxygen atoms in total. The van der Waals surface area contributed by atoms with Crippen LogP contribution in [0.3, 0.4) is 0 Å². The van der Waals surface area contributed by atoms with Crippen LogP contribution in [0.2, 0.25) is 0 Å². The molecular weight excluding hydrogens is 483 g/mol. The zero-order chi connectivity index (χ0) is 20.6. The molecule has 8 heteroatoms. The highest BCUT2D eigenvalue weighted by Crippen LogP contribution is 2.22. The van der Waals surface area contributed by atoms with Gasteiger partial charge in [0.25, 0.3) is 0 Å². The number of aliphatic hydroxyl groups is 1. The van der Waals surface area contributed by atoms with Gasteiger partial charge in [-0.2, -0.15) is 0 Å². The van der Waals surface area contributed by atoms with Gasteiger partial charge in [0.05, 0.1) is 6.20 Å². The molecule has 1 atom stereocenters. The topological polar surface area (TPSA) is 91.9 Å². The third-order valence-electron chi connectivity index (χ3n) is 3.95. The highest BCUT2D eigenvalue weighted by Gasteiger charge is 2.19. The van der Waals surface area contributed by atoms with Gasteiger partial charge in [-0.05, 0) is 31.5 Å². The van der Waals surface area contributed by atoms with E-state index in [9.17, 15) is 5.11 Å². The first-order valence-electron chi connectivity index (χ1n) is 9.63. The summed E-state index contributed by atoms with van der Waals surface area (Å²) in [5.41, 5.74) is 1.03. The molecule has 0 saturated carbocycles. The second-order valence-corrected chi connectivity index (χ2v) is 7.73. The average Bonchev–Trinajstić information content (AvgIpc) is 3.12. The van der Waals surface area contributed by atoms with Crippen molar-refractivity contribution in [3.05, 3.63) is 47.7 Å². The Labute approximate surface area is 190 Å². The van der Waals surface area contributed by atoms with E-state index in [0.29, 0.717) is 31.5 Å². The Bertz CT molecular complexity index is 771. The number of aliphatic hydroxyl groups excluding tert-OH is 1. The van der Waals surface area contributed by atoms with Crippen LogP contribution < -0.4 is 15.4 Å². The second-order valence-electron chi connectivity index (χ2n) is 7.73. The Morgan fingerprint density at radius 1 is 1.31 bits per heavy atom. The van der Waals surface area contributed by atoms with Gasteiger partial charge < -0.3 is 24.9 Å². The molecule has 3 N–H and O–H groups in total. The minimum atomic E-state index is -0.668. The van der Waals surface area contributed by atoms with Gasteiger partial charge in [0.1, 0.15) is 30.8 Å². The number of nitrogens with zero attached hydrogens (tertiary/aromatic N) is 2. The maximum Gasteiger partial charge on any atom is 0.216 e. The first-order chi connectivity index (χ1) is 13.3. The minimum absolute atomic E-state index is 0. The van der Waals surface area contributed by atoms with Gasteiger partial charge in [-0.25, -0.2) is 9.98 Å². The van der Waals surface area contributed by atoms with Crippen molar-refractivity contribution in [1.82, 2.24) is 15.6 Å². The molecule has 162 valence electrons. The predicted molar refractivity (Wildman–Crippen MR) is 126 cm³/mol. The van der Waals surface area contributed by atoms with Gasteiger partial charge in [-0.1, -0.05) is 32.9 Å². The van der Waals surface area contributed by atoms with Crippen LogP contribution in [0, 0.1) is 6.92 Å². The molecule has 0 aliphatic rings. The van der Waals surface area contributed by atoms with Crippen LogP contribution in [0.1, 0.15) is 44.9 Å². The van der Waals surface area contributed by atoms with Crippen LogP contribution in [-0.2, 0) is 12.0 Å². The van der Waals surface area contributed by atoms with Crippen molar-refractivity contribution in [1.29, 1.82) is 0 Å². The summed E-state index contributed by atoms with van der Waals surface area (Å²) in [5.74, 6) is 2.73. The normalized spacial score (nSPS) is 12.8. The fraction of sp³-hybridized carbons (Fsp3) is 0.524. The van der Waals surface area contributed by atoms with Crippen LogP contribution in [-0.4, -0.2) is 41.9 Å². The van der Waals surface area contributed by atoms with Crippen molar-refractivity contribution in [2.75, 3.05) is 19.7 Å². The third-order valence-corrected chi connectivity index (χ3v) is 3.95. The molecule has 29 heavy (non-hydrogen) atoms. The smallest absolute Gasteiger partial charge is 0.216 e. The molecule has 1 aromatic heterocycles. The van der Waals surface area contributed by atoms with Crippen LogP contribution in [0.15, 0.2) is 39.9 Å². The van der Waals surface area contributed by atoms with E-state index in [1.165, 1.54) is 0 Å². The first kappa shape index (κ1) is 25.2. The Kier molecular flexibility index (Phi) is 10.5. The molecule has 0 spiro atoms. The van der Waals surface area contributed by atoms with E-state index in [4.69, 9.17) is 9.15 Å². The van der Waals surface area contributed by atoms with E-state index in [2.05, 4.69) is 41.4 Å². The average molecular weight is 516 g/mol. The van der Waals surface area contributed by atoms with Crippen LogP contribution >= 0.6 is 24.0 Å². The summed E-state index contributed by atoms with van der Waals surface area (Å²) in [6.45, 7) is 11.8. The second kappa shape index (κ2) is 12.0. The molecule has 1 heterocycles. The summed E-state index contributed by atoms with van der Waals surface area (Å²) in [7, 11) is 0. The van der Waals surface area contributed by atoms with Gasteiger partial charge >= 0.3 is 0 Å². The van der Waals surface area contributed by atoms with Gasteiger partial charge in [0.15, 0.2) is 5.96 Å². The molecule has 0 fully saturated rings. The lowest BCUT2D eigenvalue weighted by molar-refractivity contribution is 0.110. The summed E-state index contributed by atoms with van der Waals surface area (Å²) in [6, 6.07) is 7.75. The number of aliphatic imine (C=N–C) groups is 1. The van der Waals surface area contributed by atoms with Crippen LogP contribution in [0.4, 0.5) is 0 Å². The molecule has 2 aromatic rings. The molecule has 0 saturated heterocycles. The SMILES string of the molecule is CCNC(=NCc1ncc(C(C)(C)C)o1)NCC(O)COc1cccc(C)c1.I. The van der Waals surface area contributed by atoms with Gasteiger partial charge in [-0.3, -0.25) is 0 Å². The van der Waals surface area contributed by atoms with E-state index in [1.54, 1.807) is 6.20 Å². The van der Waals surface area contributed by atoms with Crippen LogP contribution in [0.5, 0.6) is 5.75 Å². The summed E-state index contributed by atoms with van der Waals surface area (Å²) >= 11 is 0. The number of halogens is 1. The van der Waals surface area contributed by atoms with Crippen molar-refractivity contribution in [3.63, 3.8) is 0 Å². The highest BCUT2D eigenvalue weighted by atomic mass is 127. The lowest BCUT2D eigenvalue weighted by atomic mass is 9.94. The summed E-state index contributed by atoms with van der Waals surface area (Å²) in [6.07, 6.45) is 1.08. The van der Waals surface area contributed by atoms with E-state index in [0.717, 1.165) is 17.1 Å². The van der Waals surface area contributed by atoms with E-state index < -0.39 is 6.10 Å². The number of aromatic nitrogens is 1. The number of aryl methyl sites for hydroxylation is 1. The van der Waals surface area contributed by atoms with Crippen molar-refractivity contribution in [2.45, 2.75) is 52.7 Å². The molecule has 2 rings (SSSR count). The molecule has 0 amide bonds. The molecule has 1 unspecified atom stereocenters. The fourth-order valence-electron chi connectivity index (χ4n) is 2.39. The molecule has 0 bridgehead atoms. The first-order valence-corrected chi connectivity index (χ1v) is 9.63. The van der Waals surface area contributed by atoms with Crippen molar-refractivity contribution in [2.24, 2.45) is 4.99 Å². The maximum absolute atomic E-state index is 10.2. The Morgan fingerprint density at radius 2 is 2.07 bits per heavy atom. The maximum atomic E-state index is 10.2. The zero-order valence-corrected chi connectivity index (χ0v) is 20.2. The van der Waals surface area contributed by atoms with Crippen LogP contribution in [0.25, 0.3) is 0 Å². The van der Waals surface area contributed by atoms with Gasteiger partial charge in [0, 0.05) is 18.5 Å². The molecular formula is C21H33IN4O3. The van der Waals surface area contributed by atoms with Gasteiger partial charge in [-0.15, -0.1) is 24.0 Å². The summed E-state index contributed by atoms with van der Waals surface area (Å²) in [5, 5.41) is 16.4. The summed E-state index contributed by atoms with van der Waals surface area (Å²) in [4.78, 5) is 8.75. The zero-order valence-electron chi connectivity index (χ0n) is 17.9. The molecule has 0 aliphatic carbocycles. The summed E-state index contributed by atoms with van der Waals surface area (Å²) < 4.78 is 11.4. The number of oxazole rings is 1. The van der Waals surface area contributed by atoms with Crippen molar-refractivity contribution >= 4 is 29.9 Å². The molecule has 0 radical (unpaired) electrons. The Hall–Kier alpha value is -1.81. The Balaban J connectivity index is 0.00000420. The number of ether oxygens (including phenoxy) is 1. The Morgan fingerprint density at radius 3 is 2.69 bits per heavy atom. The third kappa shape index (κ3) is 9.03. The number of hydrogen-bond acceptors (Lipinski definition) is 5. The molecule has 1 aromatic carbocycles. The van der Waals surface area contributed by atoms with E-state index >= 15 is 0 Å². The number of hydrogen-bond donors (Lipinski definition) is 3. The largest absolute Gasteiger partial charge is 0.491 e. The van der Waals surface area contributed by atoms with Crippen molar-refractivity contribution < 1.29 is 14.3 Å². The molecule has 0 aliphatic heterocycles. The standard InChI is InChI=1S/C21H32N4O3.HI/c1-6-22-20(25-13-19-23-12-18(28-19)21(3,4)5)24-11-16(26)14-27-17-9-7-8-15(2)10-17;/h7-10,12,16,26H,6,11,13-14H2,1-5H3,(H2,22,24,25);1H. The predicted octanol–water partition coefficient (Wildman–Crippen LogP) is 3.39. The number of rotatable bonds is 8. The highest BCUT2D eigenvalue weighted by molar-refractivity contribution is 14.0.